The summed E-state index contributed by atoms with van der Waals surface area (Å²) in [5.41, 5.74) is 2.11. The van der Waals surface area contributed by atoms with Crippen LogP contribution in [0.3, 0.4) is 0 Å². The molecule has 216 valence electrons. The molecular formula is C29H28Cl2N8O3. The zero-order chi connectivity index (χ0) is 29.8. The third kappa shape index (κ3) is 6.22. The Morgan fingerprint density at radius 1 is 1.07 bits per heavy atom. The van der Waals surface area contributed by atoms with Gasteiger partial charge >= 0.3 is 0 Å². The van der Waals surface area contributed by atoms with Gasteiger partial charge in [-0.25, -0.2) is 9.97 Å². The summed E-state index contributed by atoms with van der Waals surface area (Å²) in [4.78, 5) is 38.9. The topological polar surface area (TPSA) is 129 Å². The summed E-state index contributed by atoms with van der Waals surface area (Å²) in [6, 6.07) is 10.3. The standard InChI is InChI=1S/C29H28Cl2N8O3/c1-4-7-23(40)32-15-18-12-19(16-33-27(18)42-24-10-11-39(5-2)37-24)35-29-34-14-17-13-20(28(41)38(3)26(17)36-29)25-21(30)8-6-9-22(25)31/h6,8-14,16H,4-5,7,15H2,1-3H3,(H,32,40)(H,34,35,36). The largest absolute Gasteiger partial charge is 0.419 e. The predicted octanol–water partition coefficient (Wildman–Crippen LogP) is 5.87. The van der Waals surface area contributed by atoms with E-state index in [1.165, 1.54) is 4.57 Å². The summed E-state index contributed by atoms with van der Waals surface area (Å²) in [6.07, 6.45) is 6.14. The molecule has 5 rings (SSSR count). The van der Waals surface area contributed by atoms with Crippen LogP contribution in [0.15, 0.2) is 59.8 Å². The minimum absolute atomic E-state index is 0.0756. The van der Waals surface area contributed by atoms with E-state index in [-0.39, 0.29) is 24.0 Å². The molecule has 0 aliphatic rings. The summed E-state index contributed by atoms with van der Waals surface area (Å²) in [5.74, 6) is 0.876. The fourth-order valence-corrected chi connectivity index (χ4v) is 4.94. The molecule has 0 unspecified atom stereocenters. The summed E-state index contributed by atoms with van der Waals surface area (Å²) < 4.78 is 9.10. The molecular weight excluding hydrogens is 579 g/mol. The van der Waals surface area contributed by atoms with Crippen molar-refractivity contribution in [1.82, 2.24) is 34.6 Å². The van der Waals surface area contributed by atoms with E-state index in [9.17, 15) is 9.59 Å². The molecule has 0 aliphatic carbocycles. The molecule has 0 fully saturated rings. The quantitative estimate of drug-likeness (QED) is 0.202. The molecule has 1 aromatic carbocycles. The van der Waals surface area contributed by atoms with E-state index in [1.807, 2.05) is 20.0 Å². The van der Waals surface area contributed by atoms with E-state index < -0.39 is 0 Å². The first kappa shape index (κ1) is 29.0. The maximum Gasteiger partial charge on any atom is 0.259 e. The van der Waals surface area contributed by atoms with Crippen LogP contribution >= 0.6 is 23.2 Å². The molecule has 0 radical (unpaired) electrons. The Hall–Kier alpha value is -4.48. The summed E-state index contributed by atoms with van der Waals surface area (Å²) in [7, 11) is 1.63. The molecule has 0 saturated heterocycles. The van der Waals surface area contributed by atoms with Gasteiger partial charge in [0.05, 0.1) is 27.5 Å². The maximum absolute atomic E-state index is 13.3. The van der Waals surface area contributed by atoms with Gasteiger partial charge in [0.25, 0.3) is 5.56 Å². The number of aryl methyl sites for hydroxylation is 2. The predicted molar refractivity (Wildman–Crippen MR) is 162 cm³/mol. The van der Waals surface area contributed by atoms with Gasteiger partial charge in [0, 0.05) is 61.5 Å². The number of carbonyl (C=O) groups is 1. The molecule has 13 heteroatoms. The minimum atomic E-state index is -0.305. The Morgan fingerprint density at radius 3 is 2.57 bits per heavy atom. The number of nitrogens with zero attached hydrogens (tertiary/aromatic N) is 6. The molecule has 0 atom stereocenters. The highest BCUT2D eigenvalue weighted by Crippen LogP contribution is 2.34. The summed E-state index contributed by atoms with van der Waals surface area (Å²) in [6.45, 7) is 4.82. The highest BCUT2D eigenvalue weighted by Gasteiger charge is 2.17. The van der Waals surface area contributed by atoms with Crippen molar-refractivity contribution in [2.75, 3.05) is 5.32 Å². The third-order valence-electron chi connectivity index (χ3n) is 6.46. The molecule has 4 aromatic heterocycles. The van der Waals surface area contributed by atoms with Crippen LogP contribution < -0.4 is 20.9 Å². The summed E-state index contributed by atoms with van der Waals surface area (Å²) in [5, 5.41) is 11.8. The molecule has 0 bridgehead atoms. The smallest absolute Gasteiger partial charge is 0.259 e. The number of fused-ring (bicyclic) bond motifs is 1. The molecule has 11 nitrogen and oxygen atoms in total. The van der Waals surface area contributed by atoms with Crippen molar-refractivity contribution in [1.29, 1.82) is 0 Å². The second kappa shape index (κ2) is 12.6. The first-order valence-corrected chi connectivity index (χ1v) is 14.1. The number of hydrogen-bond donors (Lipinski definition) is 2. The molecule has 0 spiro atoms. The van der Waals surface area contributed by atoms with E-state index in [0.717, 1.165) is 6.42 Å². The van der Waals surface area contributed by atoms with Crippen molar-refractivity contribution in [3.63, 3.8) is 0 Å². The maximum atomic E-state index is 13.3. The zero-order valence-electron chi connectivity index (χ0n) is 23.2. The lowest BCUT2D eigenvalue weighted by Gasteiger charge is -2.13. The van der Waals surface area contributed by atoms with E-state index in [2.05, 4.69) is 30.7 Å². The number of nitrogens with one attached hydrogen (secondary N) is 2. The molecule has 1 amide bonds. The molecule has 42 heavy (non-hydrogen) atoms. The van der Waals surface area contributed by atoms with Crippen LogP contribution in [0, 0.1) is 0 Å². The highest BCUT2D eigenvalue weighted by atomic mass is 35.5. The van der Waals surface area contributed by atoms with Gasteiger partial charge in [0.15, 0.2) is 0 Å². The number of carbonyl (C=O) groups excluding carboxylic acids is 1. The molecule has 5 aromatic rings. The Balaban J connectivity index is 1.45. The van der Waals surface area contributed by atoms with Gasteiger partial charge in [0.1, 0.15) is 5.65 Å². The van der Waals surface area contributed by atoms with Crippen LogP contribution in [0.2, 0.25) is 10.0 Å². The lowest BCUT2D eigenvalue weighted by Crippen LogP contribution is -2.22. The molecule has 0 aliphatic heterocycles. The van der Waals surface area contributed by atoms with Gasteiger partial charge in [0.2, 0.25) is 23.6 Å². The van der Waals surface area contributed by atoms with Gasteiger partial charge in [-0.15, -0.1) is 5.10 Å². The number of halogens is 2. The van der Waals surface area contributed by atoms with E-state index >= 15 is 0 Å². The van der Waals surface area contributed by atoms with Crippen molar-refractivity contribution in [2.24, 2.45) is 7.05 Å². The Bertz CT molecular complexity index is 1820. The average molecular weight is 608 g/mol. The number of amides is 1. The van der Waals surface area contributed by atoms with Crippen molar-refractivity contribution in [3.05, 3.63) is 81.0 Å². The molecule has 0 saturated carbocycles. The second-order valence-electron chi connectivity index (χ2n) is 9.44. The van der Waals surface area contributed by atoms with E-state index in [1.54, 1.807) is 60.5 Å². The van der Waals surface area contributed by atoms with Gasteiger partial charge in [-0.3, -0.25) is 18.8 Å². The summed E-state index contributed by atoms with van der Waals surface area (Å²) >= 11 is 12.7. The third-order valence-corrected chi connectivity index (χ3v) is 7.09. The first-order chi connectivity index (χ1) is 20.3. The van der Waals surface area contributed by atoms with Crippen molar-refractivity contribution in [2.45, 2.75) is 39.8 Å². The molecule has 2 N–H and O–H groups in total. The van der Waals surface area contributed by atoms with Crippen LogP contribution in [0.1, 0.15) is 32.3 Å². The van der Waals surface area contributed by atoms with Crippen LogP contribution in [0.5, 0.6) is 11.8 Å². The number of ether oxygens (including phenoxy) is 1. The Labute approximate surface area is 251 Å². The Morgan fingerprint density at radius 2 is 1.86 bits per heavy atom. The number of pyridine rings is 2. The van der Waals surface area contributed by atoms with Crippen molar-refractivity contribution < 1.29 is 9.53 Å². The van der Waals surface area contributed by atoms with Crippen molar-refractivity contribution in [3.8, 4) is 22.9 Å². The number of hydrogen-bond acceptors (Lipinski definition) is 8. The fourth-order valence-electron chi connectivity index (χ4n) is 4.34. The monoisotopic (exact) mass is 606 g/mol. The lowest BCUT2D eigenvalue weighted by atomic mass is 10.1. The van der Waals surface area contributed by atoms with Crippen LogP contribution in [-0.4, -0.2) is 35.2 Å². The fraction of sp³-hybridized carbons (Fsp3) is 0.241. The number of benzene rings is 1. The number of rotatable bonds is 10. The number of anilines is 2. The van der Waals surface area contributed by atoms with Gasteiger partial charge in [-0.2, -0.15) is 4.98 Å². The van der Waals surface area contributed by atoms with Crippen LogP contribution in [0.25, 0.3) is 22.2 Å². The zero-order valence-corrected chi connectivity index (χ0v) is 24.7. The Kier molecular flexibility index (Phi) is 8.69. The van der Waals surface area contributed by atoms with Crippen molar-refractivity contribution >= 4 is 51.8 Å². The van der Waals surface area contributed by atoms with Gasteiger partial charge < -0.3 is 15.4 Å². The van der Waals surface area contributed by atoms with Crippen LogP contribution in [-0.2, 0) is 24.9 Å². The SMILES string of the molecule is CCCC(=O)NCc1cc(Nc2ncc3cc(-c4c(Cl)cccc4Cl)c(=O)n(C)c3n2)cnc1Oc1ccn(CC)n1. The molecule has 4 heterocycles. The normalized spacial score (nSPS) is 11.1. The first-order valence-electron chi connectivity index (χ1n) is 13.3. The highest BCUT2D eigenvalue weighted by molar-refractivity contribution is 6.39. The lowest BCUT2D eigenvalue weighted by molar-refractivity contribution is -0.121. The van der Waals surface area contributed by atoms with Gasteiger partial charge in [-0.05, 0) is 37.6 Å². The van der Waals surface area contributed by atoms with E-state index in [4.69, 9.17) is 27.9 Å². The minimum Gasteiger partial charge on any atom is -0.419 e. The van der Waals surface area contributed by atoms with E-state index in [0.29, 0.717) is 68.2 Å². The number of aromatic nitrogens is 6. The average Bonchev–Trinajstić information content (AvgIpc) is 3.43. The van der Waals surface area contributed by atoms with Crippen LogP contribution in [0.4, 0.5) is 11.6 Å². The van der Waals surface area contributed by atoms with Gasteiger partial charge in [-0.1, -0.05) is 36.2 Å². The second-order valence-corrected chi connectivity index (χ2v) is 10.3.